The number of nitrogens with zero attached hydrogens (tertiary/aromatic N) is 3. The molecule has 0 unspecified atom stereocenters. The number of carbonyl (C=O) groups is 1. The van der Waals surface area contributed by atoms with Crippen molar-refractivity contribution in [3.63, 3.8) is 0 Å². The Morgan fingerprint density at radius 2 is 1.85 bits per heavy atom. The molecule has 6 nitrogen and oxygen atoms in total. The van der Waals surface area contributed by atoms with Crippen LogP contribution < -0.4 is 10.3 Å². The zero-order valence-corrected chi connectivity index (χ0v) is 15.5. The van der Waals surface area contributed by atoms with Crippen molar-refractivity contribution >= 4 is 5.91 Å². The largest absolute Gasteiger partial charge is 0.494 e. The van der Waals surface area contributed by atoms with E-state index in [2.05, 4.69) is 18.9 Å². The first kappa shape index (κ1) is 18.2. The van der Waals surface area contributed by atoms with Gasteiger partial charge < -0.3 is 9.64 Å². The summed E-state index contributed by atoms with van der Waals surface area (Å²) in [6.45, 7) is 5.73. The highest BCUT2D eigenvalue weighted by Crippen LogP contribution is 2.25. The summed E-state index contributed by atoms with van der Waals surface area (Å²) in [7, 11) is 1.51. The molecule has 1 saturated heterocycles. The van der Waals surface area contributed by atoms with E-state index < -0.39 is 0 Å². The molecular formula is C20H25N3O3. The highest BCUT2D eigenvalue weighted by atomic mass is 16.5. The number of methoxy groups -OCH3 is 1. The van der Waals surface area contributed by atoms with Crippen LogP contribution in [0.2, 0.25) is 0 Å². The topological polar surface area (TPSA) is 64.4 Å². The van der Waals surface area contributed by atoms with Crippen molar-refractivity contribution in [3.05, 3.63) is 46.8 Å². The molecule has 2 aromatic rings. The van der Waals surface area contributed by atoms with Crippen LogP contribution in [0.1, 0.15) is 20.3 Å². The summed E-state index contributed by atoms with van der Waals surface area (Å²) in [4.78, 5) is 26.9. The van der Waals surface area contributed by atoms with Gasteiger partial charge in [0.05, 0.1) is 7.11 Å². The molecule has 0 aliphatic carbocycles. The van der Waals surface area contributed by atoms with Crippen LogP contribution in [0, 0.1) is 11.8 Å². The van der Waals surface area contributed by atoms with E-state index in [4.69, 9.17) is 4.74 Å². The number of hydrogen-bond acceptors (Lipinski definition) is 4. The zero-order valence-electron chi connectivity index (χ0n) is 15.5. The van der Waals surface area contributed by atoms with Gasteiger partial charge in [0.2, 0.25) is 5.91 Å². The van der Waals surface area contributed by atoms with E-state index in [0.717, 1.165) is 25.1 Å². The summed E-state index contributed by atoms with van der Waals surface area (Å²) >= 11 is 0. The molecule has 138 valence electrons. The lowest BCUT2D eigenvalue weighted by Crippen LogP contribution is -2.45. The third-order valence-electron chi connectivity index (χ3n) is 4.74. The molecule has 1 aliphatic rings. The zero-order chi connectivity index (χ0) is 18.7. The highest BCUT2D eigenvalue weighted by Gasteiger charge is 2.26. The molecule has 0 saturated carbocycles. The third-order valence-corrected chi connectivity index (χ3v) is 4.74. The number of benzene rings is 1. The molecule has 2 heterocycles. The first-order chi connectivity index (χ1) is 12.5. The molecule has 6 heteroatoms. The maximum Gasteiger partial charge on any atom is 0.270 e. The van der Waals surface area contributed by atoms with Crippen molar-refractivity contribution in [3.8, 4) is 17.0 Å². The smallest absolute Gasteiger partial charge is 0.270 e. The van der Waals surface area contributed by atoms with Crippen molar-refractivity contribution in [2.75, 3.05) is 20.2 Å². The summed E-state index contributed by atoms with van der Waals surface area (Å²) in [6.07, 6.45) is 1.13. The maximum atomic E-state index is 12.7. The predicted molar refractivity (Wildman–Crippen MR) is 100 cm³/mol. The highest BCUT2D eigenvalue weighted by molar-refractivity contribution is 5.76. The fourth-order valence-electron chi connectivity index (χ4n) is 3.63. The quantitative estimate of drug-likeness (QED) is 0.845. The van der Waals surface area contributed by atoms with Gasteiger partial charge in [0.1, 0.15) is 12.2 Å². The molecule has 1 aromatic carbocycles. The van der Waals surface area contributed by atoms with Crippen LogP contribution in [0.25, 0.3) is 11.3 Å². The average molecular weight is 355 g/mol. The van der Waals surface area contributed by atoms with Crippen LogP contribution in [-0.4, -0.2) is 40.8 Å². The van der Waals surface area contributed by atoms with Gasteiger partial charge >= 0.3 is 0 Å². The van der Waals surface area contributed by atoms with Crippen LogP contribution in [0.4, 0.5) is 0 Å². The Kier molecular flexibility index (Phi) is 5.40. The van der Waals surface area contributed by atoms with E-state index >= 15 is 0 Å². The lowest BCUT2D eigenvalue weighted by Gasteiger charge is -2.35. The normalized spacial score (nSPS) is 20.0. The summed E-state index contributed by atoms with van der Waals surface area (Å²) in [5.74, 6) is 1.29. The van der Waals surface area contributed by atoms with Gasteiger partial charge in [0.25, 0.3) is 5.56 Å². The predicted octanol–water partition coefficient (Wildman–Crippen LogP) is 2.42. The van der Waals surface area contributed by atoms with E-state index in [0.29, 0.717) is 23.3 Å². The lowest BCUT2D eigenvalue weighted by atomic mass is 9.92. The minimum Gasteiger partial charge on any atom is -0.494 e. The summed E-state index contributed by atoms with van der Waals surface area (Å²) in [5.41, 5.74) is 1.06. The Balaban J connectivity index is 1.88. The second kappa shape index (κ2) is 7.72. The number of ether oxygens (including phenoxy) is 1. The molecule has 1 aromatic heterocycles. The second-order valence-corrected chi connectivity index (χ2v) is 7.17. The fourth-order valence-corrected chi connectivity index (χ4v) is 3.63. The molecule has 0 radical (unpaired) electrons. The Morgan fingerprint density at radius 3 is 2.46 bits per heavy atom. The SMILES string of the molecule is COc1cc(=O)n(CC(=O)N2C[C@@H](C)C[C@H](C)C2)nc1-c1ccccc1. The minimum atomic E-state index is -0.340. The van der Waals surface area contributed by atoms with Crippen molar-refractivity contribution < 1.29 is 9.53 Å². The van der Waals surface area contributed by atoms with E-state index in [9.17, 15) is 9.59 Å². The van der Waals surface area contributed by atoms with Crippen LogP contribution in [0.15, 0.2) is 41.2 Å². The van der Waals surface area contributed by atoms with Crippen molar-refractivity contribution in [1.29, 1.82) is 0 Å². The van der Waals surface area contributed by atoms with Crippen molar-refractivity contribution in [2.24, 2.45) is 11.8 Å². The number of aromatic nitrogens is 2. The monoisotopic (exact) mass is 355 g/mol. The van der Waals surface area contributed by atoms with Crippen LogP contribution in [0.3, 0.4) is 0 Å². The summed E-state index contributed by atoms with van der Waals surface area (Å²) < 4.78 is 6.55. The molecule has 1 fully saturated rings. The van der Waals surface area contributed by atoms with Gasteiger partial charge in [0.15, 0.2) is 5.75 Å². The second-order valence-electron chi connectivity index (χ2n) is 7.17. The number of amides is 1. The molecular weight excluding hydrogens is 330 g/mol. The van der Waals surface area contributed by atoms with Gasteiger partial charge in [-0.1, -0.05) is 44.2 Å². The van der Waals surface area contributed by atoms with Gasteiger partial charge in [-0.25, -0.2) is 4.68 Å². The van der Waals surface area contributed by atoms with Gasteiger partial charge in [-0.3, -0.25) is 9.59 Å². The standard InChI is InChI=1S/C20H25N3O3/c1-14-9-15(2)12-22(11-14)19(25)13-23-18(24)10-17(26-3)20(21-23)16-7-5-4-6-8-16/h4-8,10,14-15H,9,11-13H2,1-3H3/t14-,15-/m0/s1. The molecule has 1 aliphatic heterocycles. The van der Waals surface area contributed by atoms with Gasteiger partial charge in [-0.05, 0) is 18.3 Å². The van der Waals surface area contributed by atoms with E-state index in [1.54, 1.807) is 0 Å². The van der Waals surface area contributed by atoms with E-state index in [-0.39, 0.29) is 18.0 Å². The molecule has 1 amide bonds. The van der Waals surface area contributed by atoms with Crippen LogP contribution in [0.5, 0.6) is 5.75 Å². The van der Waals surface area contributed by atoms with Crippen LogP contribution >= 0.6 is 0 Å². The Labute approximate surface area is 153 Å². The number of carbonyl (C=O) groups excluding carboxylic acids is 1. The minimum absolute atomic E-state index is 0.0535. The van der Waals surface area contributed by atoms with E-state index in [1.807, 2.05) is 35.2 Å². The van der Waals surface area contributed by atoms with Gasteiger partial charge in [-0.2, -0.15) is 5.10 Å². The van der Waals surface area contributed by atoms with E-state index in [1.165, 1.54) is 17.9 Å². The Hall–Kier alpha value is -2.63. The average Bonchev–Trinajstić information content (AvgIpc) is 2.63. The van der Waals surface area contributed by atoms with Gasteiger partial charge in [0, 0.05) is 24.7 Å². The number of piperidine rings is 1. The Morgan fingerprint density at radius 1 is 1.19 bits per heavy atom. The molecule has 3 rings (SSSR count). The molecule has 26 heavy (non-hydrogen) atoms. The fraction of sp³-hybridized carbons (Fsp3) is 0.450. The summed E-state index contributed by atoms with van der Waals surface area (Å²) in [6, 6.07) is 10.9. The summed E-state index contributed by atoms with van der Waals surface area (Å²) in [5, 5.41) is 4.42. The molecule has 0 N–H and O–H groups in total. The number of rotatable bonds is 4. The third kappa shape index (κ3) is 3.95. The lowest BCUT2D eigenvalue weighted by molar-refractivity contribution is -0.134. The van der Waals surface area contributed by atoms with Crippen molar-refractivity contribution in [1.82, 2.24) is 14.7 Å². The first-order valence-electron chi connectivity index (χ1n) is 8.97. The number of hydrogen-bond donors (Lipinski definition) is 0. The molecule has 0 spiro atoms. The van der Waals surface area contributed by atoms with Crippen LogP contribution in [-0.2, 0) is 11.3 Å². The first-order valence-corrected chi connectivity index (χ1v) is 8.97. The Bertz CT molecular complexity index is 822. The molecule has 2 atom stereocenters. The maximum absolute atomic E-state index is 12.7. The molecule has 0 bridgehead atoms. The number of likely N-dealkylation sites (tertiary alicyclic amines) is 1. The van der Waals surface area contributed by atoms with Gasteiger partial charge in [-0.15, -0.1) is 0 Å². The van der Waals surface area contributed by atoms with Crippen molar-refractivity contribution in [2.45, 2.75) is 26.8 Å².